The van der Waals surface area contributed by atoms with Crippen molar-refractivity contribution in [1.82, 2.24) is 4.72 Å². The highest BCUT2D eigenvalue weighted by Gasteiger charge is 2.54. The van der Waals surface area contributed by atoms with Crippen molar-refractivity contribution in [2.75, 3.05) is 0 Å². The third kappa shape index (κ3) is 3.12. The maximum Gasteiger partial charge on any atom is 0.246 e. The van der Waals surface area contributed by atoms with Crippen LogP contribution < -0.4 is 4.72 Å². The van der Waals surface area contributed by atoms with Crippen LogP contribution in [0.1, 0.15) is 27.8 Å². The number of aliphatic imine (C=N–C) groups is 1. The van der Waals surface area contributed by atoms with Gasteiger partial charge in [-0.2, -0.15) is 0 Å². The highest BCUT2D eigenvalue weighted by molar-refractivity contribution is 7.92. The average molecular weight is 383 g/mol. The lowest BCUT2D eigenvalue weighted by atomic mass is 9.93. The minimum absolute atomic E-state index is 0.310. The van der Waals surface area contributed by atoms with E-state index < -0.39 is 21.4 Å². The number of hydrogen-bond acceptors (Lipinski definition) is 5. The zero-order valence-corrected chi connectivity index (χ0v) is 16.2. The van der Waals surface area contributed by atoms with E-state index in [4.69, 9.17) is 4.84 Å². The Morgan fingerprint density at radius 2 is 1.78 bits per heavy atom. The van der Waals surface area contributed by atoms with Crippen LogP contribution in [-0.4, -0.2) is 31.3 Å². The number of fused-ring (bicyclic) bond motifs is 1. The molecule has 1 N–H and O–H groups in total. The topological polar surface area (TPSA) is 80.1 Å². The monoisotopic (exact) mass is 383 g/mol. The first-order valence-corrected chi connectivity index (χ1v) is 10.3. The standard InChI is InChI=1S/C20H21N3O3S/c1-12-9-13(2)16(14(3)10-12)17-19-18(26-22-17)20(23-27(19,24)25)21-11-15-7-5-4-6-8-15/h4-10,18-19H,11H2,1-3H3,(H,21,23). The van der Waals surface area contributed by atoms with E-state index in [1.54, 1.807) is 0 Å². The van der Waals surface area contributed by atoms with Gasteiger partial charge in [0.1, 0.15) is 5.71 Å². The van der Waals surface area contributed by atoms with E-state index >= 15 is 0 Å². The van der Waals surface area contributed by atoms with Crippen molar-refractivity contribution in [1.29, 1.82) is 0 Å². The van der Waals surface area contributed by atoms with Crippen LogP contribution in [0, 0.1) is 20.8 Å². The van der Waals surface area contributed by atoms with Gasteiger partial charge in [0, 0.05) is 5.56 Å². The Morgan fingerprint density at radius 3 is 2.44 bits per heavy atom. The summed E-state index contributed by atoms with van der Waals surface area (Å²) in [5.41, 5.74) is 5.38. The molecule has 1 fully saturated rings. The first-order valence-electron chi connectivity index (χ1n) is 8.78. The molecule has 0 aromatic heterocycles. The van der Waals surface area contributed by atoms with Crippen LogP contribution in [0.3, 0.4) is 0 Å². The molecule has 7 heteroatoms. The van der Waals surface area contributed by atoms with Gasteiger partial charge in [-0.15, -0.1) is 0 Å². The van der Waals surface area contributed by atoms with Gasteiger partial charge >= 0.3 is 0 Å². The maximum absolute atomic E-state index is 12.8. The number of rotatable bonds is 3. The predicted octanol–water partition coefficient (Wildman–Crippen LogP) is 2.62. The van der Waals surface area contributed by atoms with Crippen molar-refractivity contribution in [2.45, 2.75) is 38.7 Å². The van der Waals surface area contributed by atoms with Crippen molar-refractivity contribution in [3.8, 4) is 0 Å². The third-order valence-corrected chi connectivity index (χ3v) is 6.50. The summed E-state index contributed by atoms with van der Waals surface area (Å²) in [6.45, 7) is 6.32. The van der Waals surface area contributed by atoms with Crippen LogP contribution in [-0.2, 0) is 21.4 Å². The predicted molar refractivity (Wildman–Crippen MR) is 105 cm³/mol. The molecule has 0 spiro atoms. The summed E-state index contributed by atoms with van der Waals surface area (Å²) in [7, 11) is -3.65. The van der Waals surface area contributed by atoms with Crippen LogP contribution in [0.25, 0.3) is 0 Å². The van der Waals surface area contributed by atoms with Crippen molar-refractivity contribution in [3.05, 3.63) is 70.3 Å². The molecule has 27 heavy (non-hydrogen) atoms. The van der Waals surface area contributed by atoms with Gasteiger partial charge in [-0.05, 0) is 37.5 Å². The summed E-state index contributed by atoms with van der Waals surface area (Å²) < 4.78 is 28.1. The summed E-state index contributed by atoms with van der Waals surface area (Å²) in [5, 5.41) is 3.28. The van der Waals surface area contributed by atoms with E-state index in [0.29, 0.717) is 18.1 Å². The molecule has 0 amide bonds. The zero-order valence-electron chi connectivity index (χ0n) is 15.4. The number of amidine groups is 1. The summed E-state index contributed by atoms with van der Waals surface area (Å²) in [4.78, 5) is 9.98. The van der Waals surface area contributed by atoms with Gasteiger partial charge in [-0.25, -0.2) is 8.42 Å². The Labute approximate surface area is 159 Å². The SMILES string of the molecule is Cc1cc(C)c(C2=NOC3C(=NCc4ccccc4)NS(=O)(=O)C23)c(C)c1. The Bertz CT molecular complexity index is 1040. The Hall–Kier alpha value is -2.67. The van der Waals surface area contributed by atoms with E-state index in [1.807, 2.05) is 63.2 Å². The van der Waals surface area contributed by atoms with E-state index in [0.717, 1.165) is 27.8 Å². The van der Waals surface area contributed by atoms with E-state index in [1.165, 1.54) is 0 Å². The van der Waals surface area contributed by atoms with Crippen LogP contribution in [0.4, 0.5) is 0 Å². The molecule has 0 radical (unpaired) electrons. The van der Waals surface area contributed by atoms with Gasteiger partial charge in [0.2, 0.25) is 16.1 Å². The Morgan fingerprint density at radius 1 is 1.11 bits per heavy atom. The minimum Gasteiger partial charge on any atom is -0.382 e. The molecule has 2 atom stereocenters. The van der Waals surface area contributed by atoms with Crippen LogP contribution in [0.15, 0.2) is 52.6 Å². The molecule has 1 saturated heterocycles. The van der Waals surface area contributed by atoms with Gasteiger partial charge in [0.05, 0.1) is 6.54 Å². The molecule has 6 nitrogen and oxygen atoms in total. The lowest BCUT2D eigenvalue weighted by Crippen LogP contribution is -2.34. The fraction of sp³-hybridized carbons (Fsp3) is 0.300. The molecule has 2 aliphatic heterocycles. The molecule has 2 aliphatic rings. The number of nitrogens with one attached hydrogen (secondary N) is 1. The second-order valence-electron chi connectivity index (χ2n) is 7.03. The van der Waals surface area contributed by atoms with Gasteiger partial charge in [0.15, 0.2) is 11.1 Å². The van der Waals surface area contributed by atoms with Crippen molar-refractivity contribution >= 4 is 21.6 Å². The van der Waals surface area contributed by atoms with Gasteiger partial charge in [0.25, 0.3) is 0 Å². The number of sulfonamides is 1. The lowest BCUT2D eigenvalue weighted by Gasteiger charge is -2.13. The number of hydrogen-bond donors (Lipinski definition) is 1. The third-order valence-electron chi connectivity index (χ3n) is 4.87. The molecule has 140 valence electrons. The molecule has 2 aromatic rings. The molecule has 2 heterocycles. The summed E-state index contributed by atoms with van der Waals surface area (Å²) in [6, 6.07) is 13.7. The van der Waals surface area contributed by atoms with E-state index in [9.17, 15) is 8.42 Å². The molecular formula is C20H21N3O3S. The van der Waals surface area contributed by atoms with E-state index in [-0.39, 0.29) is 0 Å². The molecule has 2 aromatic carbocycles. The first kappa shape index (κ1) is 17.7. The normalized spacial score (nSPS) is 24.3. The fourth-order valence-electron chi connectivity index (χ4n) is 3.79. The quantitative estimate of drug-likeness (QED) is 0.885. The largest absolute Gasteiger partial charge is 0.382 e. The van der Waals surface area contributed by atoms with Gasteiger partial charge in [-0.1, -0.05) is 53.2 Å². The number of aryl methyl sites for hydroxylation is 3. The lowest BCUT2D eigenvalue weighted by molar-refractivity contribution is 0.135. The number of nitrogens with zero attached hydrogens (tertiary/aromatic N) is 2. The highest BCUT2D eigenvalue weighted by atomic mass is 32.2. The fourth-order valence-corrected chi connectivity index (χ4v) is 5.35. The second-order valence-corrected chi connectivity index (χ2v) is 8.83. The zero-order chi connectivity index (χ0) is 19.2. The highest BCUT2D eigenvalue weighted by Crippen LogP contribution is 2.31. The van der Waals surface area contributed by atoms with Gasteiger partial charge < -0.3 is 4.84 Å². The van der Waals surface area contributed by atoms with Crippen LogP contribution in [0.2, 0.25) is 0 Å². The van der Waals surface area contributed by atoms with Crippen LogP contribution >= 0.6 is 0 Å². The van der Waals surface area contributed by atoms with Crippen molar-refractivity contribution in [2.24, 2.45) is 10.1 Å². The smallest absolute Gasteiger partial charge is 0.246 e. The summed E-state index contributed by atoms with van der Waals surface area (Å²) in [5.74, 6) is 0.310. The molecular weight excluding hydrogens is 362 g/mol. The van der Waals surface area contributed by atoms with Crippen molar-refractivity contribution in [3.63, 3.8) is 0 Å². The first-order chi connectivity index (χ1) is 12.9. The molecule has 0 saturated carbocycles. The number of benzene rings is 2. The minimum atomic E-state index is -3.65. The van der Waals surface area contributed by atoms with Gasteiger partial charge in [-0.3, -0.25) is 9.71 Å². The molecule has 4 rings (SSSR count). The van der Waals surface area contributed by atoms with E-state index in [2.05, 4.69) is 14.9 Å². The average Bonchev–Trinajstić information content (AvgIpc) is 3.14. The Kier molecular flexibility index (Phi) is 4.26. The summed E-state index contributed by atoms with van der Waals surface area (Å²) >= 11 is 0. The van der Waals surface area contributed by atoms with Crippen LogP contribution in [0.5, 0.6) is 0 Å². The maximum atomic E-state index is 12.8. The molecule has 0 aliphatic carbocycles. The molecule has 0 bridgehead atoms. The molecule has 2 unspecified atom stereocenters. The number of oxime groups is 1. The Balaban J connectivity index is 1.68. The second kappa shape index (κ2) is 6.49. The summed E-state index contributed by atoms with van der Waals surface area (Å²) in [6.07, 6.45) is -0.728. The van der Waals surface area contributed by atoms with Crippen molar-refractivity contribution < 1.29 is 13.3 Å².